The van der Waals surface area contributed by atoms with Crippen molar-refractivity contribution in [2.45, 2.75) is 6.42 Å². The average Bonchev–Trinajstić information content (AvgIpc) is 2.39. The third kappa shape index (κ3) is 3.05. The highest BCUT2D eigenvalue weighted by molar-refractivity contribution is 9.10. The maximum Gasteiger partial charge on any atom is 0.136 e. The molecule has 0 saturated carbocycles. The first-order valence-electron chi connectivity index (χ1n) is 5.72. The van der Waals surface area contributed by atoms with Crippen LogP contribution in [0.3, 0.4) is 0 Å². The van der Waals surface area contributed by atoms with Crippen molar-refractivity contribution in [1.82, 2.24) is 9.97 Å². The predicted molar refractivity (Wildman–Crippen MR) is 77.0 cm³/mol. The number of rotatable bonds is 4. The molecule has 0 unspecified atom stereocenters. The summed E-state index contributed by atoms with van der Waals surface area (Å²) in [6.45, 7) is 0.561. The monoisotopic (exact) mass is 306 g/mol. The van der Waals surface area contributed by atoms with Gasteiger partial charge in [-0.2, -0.15) is 0 Å². The van der Waals surface area contributed by atoms with E-state index >= 15 is 0 Å². The van der Waals surface area contributed by atoms with Crippen LogP contribution in [0.15, 0.2) is 41.0 Å². The van der Waals surface area contributed by atoms with Crippen LogP contribution in [0.25, 0.3) is 0 Å². The first-order valence-corrected chi connectivity index (χ1v) is 6.51. The number of anilines is 2. The van der Waals surface area contributed by atoms with E-state index in [1.165, 1.54) is 0 Å². The molecular formula is C13H15BrN4. The van der Waals surface area contributed by atoms with Gasteiger partial charge in [0.25, 0.3) is 0 Å². The molecule has 1 heterocycles. The quantitative estimate of drug-likeness (QED) is 0.943. The van der Waals surface area contributed by atoms with Crippen LogP contribution in [0.1, 0.15) is 5.82 Å². The lowest BCUT2D eigenvalue weighted by Gasteiger charge is -2.18. The van der Waals surface area contributed by atoms with Crippen molar-refractivity contribution in [2.24, 2.45) is 5.73 Å². The van der Waals surface area contributed by atoms with E-state index in [-0.39, 0.29) is 0 Å². The molecule has 0 amide bonds. The molecule has 0 aliphatic rings. The van der Waals surface area contributed by atoms with Gasteiger partial charge in [-0.1, -0.05) is 15.9 Å². The Kier molecular flexibility index (Phi) is 4.28. The Labute approximate surface area is 115 Å². The van der Waals surface area contributed by atoms with Gasteiger partial charge in [-0.15, -0.1) is 0 Å². The molecule has 2 rings (SSSR count). The van der Waals surface area contributed by atoms with Crippen LogP contribution in [0.4, 0.5) is 11.5 Å². The zero-order valence-corrected chi connectivity index (χ0v) is 11.8. The lowest BCUT2D eigenvalue weighted by molar-refractivity contribution is 0.862. The SMILES string of the molecule is CN(c1ccc(Br)cc1)c1ccnc(CCN)n1. The van der Waals surface area contributed by atoms with Crippen molar-refractivity contribution >= 4 is 27.4 Å². The maximum absolute atomic E-state index is 5.52. The zero-order chi connectivity index (χ0) is 13.0. The summed E-state index contributed by atoms with van der Waals surface area (Å²) in [6, 6.07) is 9.98. The van der Waals surface area contributed by atoms with Crippen LogP contribution in [-0.2, 0) is 6.42 Å². The van der Waals surface area contributed by atoms with Crippen molar-refractivity contribution in [2.75, 3.05) is 18.5 Å². The first-order chi connectivity index (χ1) is 8.70. The van der Waals surface area contributed by atoms with Crippen LogP contribution < -0.4 is 10.6 Å². The molecule has 0 radical (unpaired) electrons. The molecule has 2 N–H and O–H groups in total. The zero-order valence-electron chi connectivity index (χ0n) is 10.2. The number of aromatic nitrogens is 2. The highest BCUT2D eigenvalue weighted by Crippen LogP contribution is 2.23. The largest absolute Gasteiger partial charge is 0.330 e. The van der Waals surface area contributed by atoms with Crippen LogP contribution >= 0.6 is 15.9 Å². The maximum atomic E-state index is 5.52. The summed E-state index contributed by atoms with van der Waals surface area (Å²) < 4.78 is 1.06. The number of nitrogens with two attached hydrogens (primary N) is 1. The summed E-state index contributed by atoms with van der Waals surface area (Å²) in [5.74, 6) is 1.65. The van der Waals surface area contributed by atoms with Crippen molar-refractivity contribution in [3.05, 3.63) is 46.8 Å². The molecule has 0 saturated heterocycles. The molecule has 5 heteroatoms. The van der Waals surface area contributed by atoms with E-state index in [2.05, 4.69) is 25.9 Å². The fraction of sp³-hybridized carbons (Fsp3) is 0.231. The molecule has 0 aliphatic heterocycles. The fourth-order valence-corrected chi connectivity index (χ4v) is 1.89. The number of benzene rings is 1. The molecule has 18 heavy (non-hydrogen) atoms. The minimum atomic E-state index is 0.561. The highest BCUT2D eigenvalue weighted by Gasteiger charge is 2.06. The average molecular weight is 307 g/mol. The van der Waals surface area contributed by atoms with Gasteiger partial charge in [0, 0.05) is 29.8 Å². The highest BCUT2D eigenvalue weighted by atomic mass is 79.9. The Morgan fingerprint density at radius 2 is 1.94 bits per heavy atom. The molecular weight excluding hydrogens is 292 g/mol. The number of nitrogens with zero attached hydrogens (tertiary/aromatic N) is 3. The van der Waals surface area contributed by atoms with E-state index in [4.69, 9.17) is 5.73 Å². The van der Waals surface area contributed by atoms with E-state index in [0.29, 0.717) is 13.0 Å². The number of halogens is 1. The molecule has 1 aromatic heterocycles. The minimum Gasteiger partial charge on any atom is -0.330 e. The summed E-state index contributed by atoms with van der Waals surface area (Å²) in [5, 5.41) is 0. The molecule has 94 valence electrons. The topological polar surface area (TPSA) is 55.0 Å². The van der Waals surface area contributed by atoms with Crippen molar-refractivity contribution in [1.29, 1.82) is 0 Å². The van der Waals surface area contributed by atoms with E-state index in [9.17, 15) is 0 Å². The second-order valence-corrected chi connectivity index (χ2v) is 4.82. The van der Waals surface area contributed by atoms with E-state index in [0.717, 1.165) is 21.8 Å². The number of hydrogen-bond acceptors (Lipinski definition) is 4. The normalized spacial score (nSPS) is 10.4. The Hall–Kier alpha value is -1.46. The van der Waals surface area contributed by atoms with Crippen LogP contribution in [0.5, 0.6) is 0 Å². The first kappa shape index (κ1) is 13.0. The van der Waals surface area contributed by atoms with E-state index in [1.54, 1.807) is 6.20 Å². The molecule has 0 aliphatic carbocycles. The lowest BCUT2D eigenvalue weighted by atomic mass is 10.3. The van der Waals surface area contributed by atoms with Crippen LogP contribution in [-0.4, -0.2) is 23.6 Å². The van der Waals surface area contributed by atoms with Gasteiger partial charge in [-0.05, 0) is 36.9 Å². The third-order valence-electron chi connectivity index (χ3n) is 2.62. The summed E-state index contributed by atoms with van der Waals surface area (Å²) in [4.78, 5) is 10.7. The van der Waals surface area contributed by atoms with Gasteiger partial charge in [0.15, 0.2) is 0 Å². The molecule has 0 fully saturated rings. The Balaban J connectivity index is 2.24. The molecule has 0 bridgehead atoms. The van der Waals surface area contributed by atoms with Gasteiger partial charge in [0.05, 0.1) is 0 Å². The molecule has 0 atom stereocenters. The van der Waals surface area contributed by atoms with Gasteiger partial charge in [-0.3, -0.25) is 0 Å². The number of hydrogen-bond donors (Lipinski definition) is 1. The van der Waals surface area contributed by atoms with Gasteiger partial charge < -0.3 is 10.6 Å². The van der Waals surface area contributed by atoms with Gasteiger partial charge in [0.1, 0.15) is 11.6 Å². The summed E-state index contributed by atoms with van der Waals surface area (Å²) in [6.07, 6.45) is 2.46. The standard InChI is InChI=1S/C13H15BrN4/c1-18(11-4-2-10(14)3-5-11)13-7-9-16-12(17-13)6-8-15/h2-5,7,9H,6,8,15H2,1H3. The van der Waals surface area contributed by atoms with Crippen LogP contribution in [0, 0.1) is 0 Å². The van der Waals surface area contributed by atoms with Gasteiger partial charge >= 0.3 is 0 Å². The molecule has 2 aromatic rings. The van der Waals surface area contributed by atoms with Crippen molar-refractivity contribution in [3.63, 3.8) is 0 Å². The summed E-state index contributed by atoms with van der Waals surface area (Å²) >= 11 is 3.42. The fourth-order valence-electron chi connectivity index (χ4n) is 1.62. The summed E-state index contributed by atoms with van der Waals surface area (Å²) in [5.41, 5.74) is 6.59. The Morgan fingerprint density at radius 3 is 2.61 bits per heavy atom. The smallest absolute Gasteiger partial charge is 0.136 e. The second kappa shape index (κ2) is 5.93. The lowest BCUT2D eigenvalue weighted by Crippen LogP contribution is -2.13. The van der Waals surface area contributed by atoms with Crippen molar-refractivity contribution in [3.8, 4) is 0 Å². The third-order valence-corrected chi connectivity index (χ3v) is 3.14. The minimum absolute atomic E-state index is 0.561. The Morgan fingerprint density at radius 1 is 1.22 bits per heavy atom. The van der Waals surface area contributed by atoms with E-state index in [1.807, 2.05) is 42.3 Å². The predicted octanol–water partition coefficient (Wildman–Crippen LogP) is 2.51. The summed E-state index contributed by atoms with van der Waals surface area (Å²) in [7, 11) is 1.98. The molecule has 4 nitrogen and oxygen atoms in total. The Bertz CT molecular complexity index is 513. The molecule has 0 spiro atoms. The molecule has 1 aromatic carbocycles. The van der Waals surface area contributed by atoms with Crippen LogP contribution in [0.2, 0.25) is 0 Å². The van der Waals surface area contributed by atoms with Gasteiger partial charge in [0.2, 0.25) is 0 Å². The van der Waals surface area contributed by atoms with Gasteiger partial charge in [-0.25, -0.2) is 9.97 Å². The second-order valence-electron chi connectivity index (χ2n) is 3.91. The van der Waals surface area contributed by atoms with E-state index < -0.39 is 0 Å². The van der Waals surface area contributed by atoms with Crippen molar-refractivity contribution < 1.29 is 0 Å².